The summed E-state index contributed by atoms with van der Waals surface area (Å²) >= 11 is 0. The van der Waals surface area contributed by atoms with Crippen molar-refractivity contribution in [2.75, 3.05) is 5.75 Å². The Balaban J connectivity index is 2.94. The van der Waals surface area contributed by atoms with E-state index in [0.717, 1.165) is 12.0 Å². The van der Waals surface area contributed by atoms with Crippen molar-refractivity contribution < 1.29 is 17.4 Å². The molecule has 0 saturated heterocycles. The van der Waals surface area contributed by atoms with Gasteiger partial charge in [-0.15, -0.1) is 0 Å². The van der Waals surface area contributed by atoms with E-state index in [1.165, 1.54) is 6.92 Å². The molecule has 5 nitrogen and oxygen atoms in total. The summed E-state index contributed by atoms with van der Waals surface area (Å²) < 4.78 is 28.1. The van der Waals surface area contributed by atoms with Gasteiger partial charge in [0.1, 0.15) is 5.75 Å². The van der Waals surface area contributed by atoms with Crippen LogP contribution in [-0.4, -0.2) is 31.0 Å². The molecule has 0 aliphatic heterocycles. The van der Waals surface area contributed by atoms with E-state index >= 15 is 0 Å². The molecule has 1 amide bonds. The summed E-state index contributed by atoms with van der Waals surface area (Å²) in [6, 6.07) is 7.01. The molecule has 1 rings (SSSR count). The van der Waals surface area contributed by atoms with E-state index in [2.05, 4.69) is 0 Å². The maximum absolute atomic E-state index is 12.1. The van der Waals surface area contributed by atoms with Crippen molar-refractivity contribution in [1.82, 2.24) is 4.90 Å². The van der Waals surface area contributed by atoms with Crippen LogP contribution >= 0.6 is 0 Å². The number of rotatable bonds is 8. The minimum Gasteiger partial charge on any atom is -0.382 e. The van der Waals surface area contributed by atoms with Gasteiger partial charge in [-0.3, -0.25) is 4.79 Å². The Bertz CT molecular complexity index is 598. The third-order valence-electron chi connectivity index (χ3n) is 3.57. The van der Waals surface area contributed by atoms with Gasteiger partial charge in [-0.05, 0) is 38.0 Å². The van der Waals surface area contributed by atoms with Crippen molar-refractivity contribution in [1.29, 1.82) is 0 Å². The van der Waals surface area contributed by atoms with Crippen LogP contribution in [0.15, 0.2) is 24.3 Å². The molecule has 0 aromatic heterocycles. The summed E-state index contributed by atoms with van der Waals surface area (Å²) in [4.78, 5) is 13.9. The highest BCUT2D eigenvalue weighted by Crippen LogP contribution is 2.19. The Labute approximate surface area is 133 Å². The van der Waals surface area contributed by atoms with Crippen LogP contribution < -0.4 is 4.18 Å². The van der Waals surface area contributed by atoms with Gasteiger partial charge in [-0.25, -0.2) is 0 Å². The van der Waals surface area contributed by atoms with Gasteiger partial charge in [-0.1, -0.05) is 26.0 Å². The first-order valence-electron chi connectivity index (χ1n) is 7.63. The molecule has 0 aliphatic carbocycles. The quantitative estimate of drug-likeness (QED) is 0.689. The van der Waals surface area contributed by atoms with Gasteiger partial charge in [-0.2, -0.15) is 8.42 Å². The molecular weight excluding hydrogens is 302 g/mol. The molecule has 1 aromatic carbocycles. The van der Waals surface area contributed by atoms with Gasteiger partial charge in [0, 0.05) is 19.0 Å². The SMILES string of the molecule is CCC(=O)N(Cc1cccc(OS(=O)(=O)CC)c1)C(C)CC. The third kappa shape index (κ3) is 5.33. The van der Waals surface area contributed by atoms with E-state index in [9.17, 15) is 13.2 Å². The first-order valence-corrected chi connectivity index (χ1v) is 9.21. The molecule has 0 N–H and O–H groups in total. The zero-order valence-corrected chi connectivity index (χ0v) is 14.5. The van der Waals surface area contributed by atoms with Crippen molar-refractivity contribution >= 4 is 16.0 Å². The van der Waals surface area contributed by atoms with Crippen molar-refractivity contribution in [3.63, 3.8) is 0 Å². The molecule has 124 valence electrons. The van der Waals surface area contributed by atoms with Crippen LogP contribution in [0.25, 0.3) is 0 Å². The van der Waals surface area contributed by atoms with Gasteiger partial charge in [0.2, 0.25) is 5.91 Å². The largest absolute Gasteiger partial charge is 0.382 e. The second kappa shape index (κ2) is 8.17. The summed E-state index contributed by atoms with van der Waals surface area (Å²) in [7, 11) is -3.54. The van der Waals surface area contributed by atoms with Crippen molar-refractivity contribution in [3.8, 4) is 5.75 Å². The predicted octanol–water partition coefficient (Wildman–Crippen LogP) is 2.95. The number of carbonyl (C=O) groups is 1. The van der Waals surface area contributed by atoms with E-state index in [0.29, 0.717) is 13.0 Å². The second-order valence-electron chi connectivity index (χ2n) is 5.21. The van der Waals surface area contributed by atoms with Crippen molar-refractivity contribution in [2.45, 2.75) is 53.1 Å². The Morgan fingerprint density at radius 2 is 1.95 bits per heavy atom. The summed E-state index contributed by atoms with van der Waals surface area (Å²) in [6.07, 6.45) is 1.32. The first-order chi connectivity index (χ1) is 10.3. The standard InChI is InChI=1S/C16H25NO4S/c1-5-13(4)17(16(18)6-2)12-14-9-8-10-15(11-14)21-22(19,20)7-3/h8-11,13H,5-7,12H2,1-4H3. The fourth-order valence-corrected chi connectivity index (χ4v) is 2.53. The molecule has 0 saturated carbocycles. The van der Waals surface area contributed by atoms with E-state index < -0.39 is 10.1 Å². The van der Waals surface area contributed by atoms with Crippen LogP contribution in [0.4, 0.5) is 0 Å². The van der Waals surface area contributed by atoms with E-state index in [1.54, 1.807) is 18.2 Å². The molecule has 1 aromatic rings. The zero-order valence-electron chi connectivity index (χ0n) is 13.7. The predicted molar refractivity (Wildman–Crippen MR) is 87.1 cm³/mol. The Kier molecular flexibility index (Phi) is 6.87. The van der Waals surface area contributed by atoms with Crippen LogP contribution in [0.5, 0.6) is 5.75 Å². The van der Waals surface area contributed by atoms with Gasteiger partial charge in [0.25, 0.3) is 0 Å². The summed E-state index contributed by atoms with van der Waals surface area (Å²) in [5.41, 5.74) is 0.853. The fourth-order valence-electron chi connectivity index (χ4n) is 2.01. The maximum atomic E-state index is 12.1. The van der Waals surface area contributed by atoms with Crippen LogP contribution in [0.1, 0.15) is 46.1 Å². The van der Waals surface area contributed by atoms with E-state index in [-0.39, 0.29) is 23.5 Å². The first kappa shape index (κ1) is 18.5. The maximum Gasteiger partial charge on any atom is 0.308 e. The monoisotopic (exact) mass is 327 g/mol. The lowest BCUT2D eigenvalue weighted by Crippen LogP contribution is -2.37. The molecule has 1 atom stereocenters. The Hall–Kier alpha value is -1.56. The van der Waals surface area contributed by atoms with Crippen LogP contribution in [0.2, 0.25) is 0 Å². The minimum atomic E-state index is -3.54. The second-order valence-corrected chi connectivity index (χ2v) is 7.07. The number of nitrogens with zero attached hydrogens (tertiary/aromatic N) is 1. The lowest BCUT2D eigenvalue weighted by atomic mass is 10.1. The number of hydrogen-bond acceptors (Lipinski definition) is 4. The topological polar surface area (TPSA) is 63.7 Å². The molecule has 0 aliphatic rings. The van der Waals surface area contributed by atoms with E-state index in [1.807, 2.05) is 31.7 Å². The molecule has 0 radical (unpaired) electrons. The highest BCUT2D eigenvalue weighted by atomic mass is 32.2. The Morgan fingerprint density at radius 3 is 2.50 bits per heavy atom. The number of amides is 1. The molecular formula is C16H25NO4S. The van der Waals surface area contributed by atoms with Crippen LogP contribution in [-0.2, 0) is 21.5 Å². The summed E-state index contributed by atoms with van der Waals surface area (Å²) in [5, 5.41) is 0. The number of carbonyl (C=O) groups excluding carboxylic acids is 1. The zero-order chi connectivity index (χ0) is 16.8. The van der Waals surface area contributed by atoms with Gasteiger partial charge < -0.3 is 9.08 Å². The molecule has 0 spiro atoms. The minimum absolute atomic E-state index is 0.0788. The molecule has 22 heavy (non-hydrogen) atoms. The van der Waals surface area contributed by atoms with Crippen molar-refractivity contribution in [2.24, 2.45) is 0 Å². The number of benzene rings is 1. The highest BCUT2D eigenvalue weighted by Gasteiger charge is 2.18. The molecule has 0 heterocycles. The lowest BCUT2D eigenvalue weighted by molar-refractivity contribution is -0.133. The fraction of sp³-hybridized carbons (Fsp3) is 0.562. The van der Waals surface area contributed by atoms with Gasteiger partial charge in [0.15, 0.2) is 0 Å². The highest BCUT2D eigenvalue weighted by molar-refractivity contribution is 7.87. The van der Waals surface area contributed by atoms with E-state index in [4.69, 9.17) is 4.18 Å². The molecule has 6 heteroatoms. The van der Waals surface area contributed by atoms with Crippen LogP contribution in [0, 0.1) is 0 Å². The van der Waals surface area contributed by atoms with Crippen LogP contribution in [0.3, 0.4) is 0 Å². The smallest absolute Gasteiger partial charge is 0.308 e. The van der Waals surface area contributed by atoms with Crippen molar-refractivity contribution in [3.05, 3.63) is 29.8 Å². The molecule has 0 fully saturated rings. The van der Waals surface area contributed by atoms with Gasteiger partial charge >= 0.3 is 10.1 Å². The number of hydrogen-bond donors (Lipinski definition) is 0. The molecule has 1 unspecified atom stereocenters. The summed E-state index contributed by atoms with van der Waals surface area (Å²) in [5.74, 6) is 0.291. The summed E-state index contributed by atoms with van der Waals surface area (Å²) in [6.45, 7) is 7.86. The Morgan fingerprint density at radius 1 is 1.27 bits per heavy atom. The average Bonchev–Trinajstić information content (AvgIpc) is 2.51. The normalized spacial score (nSPS) is 12.7. The molecule has 0 bridgehead atoms. The third-order valence-corrected chi connectivity index (χ3v) is 4.73. The van der Waals surface area contributed by atoms with Gasteiger partial charge in [0.05, 0.1) is 5.75 Å². The lowest BCUT2D eigenvalue weighted by Gasteiger charge is -2.28. The average molecular weight is 327 g/mol.